The van der Waals surface area contributed by atoms with E-state index in [1.165, 1.54) is 24.3 Å². The second-order valence-corrected chi connectivity index (χ2v) is 8.57. The van der Waals surface area contributed by atoms with Gasteiger partial charge < -0.3 is 11.1 Å². The lowest BCUT2D eigenvalue weighted by atomic mass is 10.1. The van der Waals surface area contributed by atoms with E-state index in [9.17, 15) is 41.8 Å². The number of hydrogen-bond acceptors (Lipinski definition) is 8. The fourth-order valence-electron chi connectivity index (χ4n) is 2.84. The molecule has 0 saturated heterocycles. The van der Waals surface area contributed by atoms with Crippen molar-refractivity contribution in [1.29, 1.82) is 0 Å². The molecule has 3 rings (SSSR count). The van der Waals surface area contributed by atoms with Crippen LogP contribution >= 0.6 is 0 Å². The normalized spacial score (nSPS) is 11.7. The Balaban J connectivity index is 2.02. The summed E-state index contributed by atoms with van der Waals surface area (Å²) >= 11 is 0. The van der Waals surface area contributed by atoms with Gasteiger partial charge in [-0.1, -0.05) is 0 Å². The van der Waals surface area contributed by atoms with Crippen LogP contribution in [0.4, 0.5) is 41.6 Å². The molecule has 0 saturated carbocycles. The molecule has 172 valence electrons. The summed E-state index contributed by atoms with van der Waals surface area (Å²) in [5.74, 6) is 0. The molecule has 0 heterocycles. The van der Waals surface area contributed by atoms with Gasteiger partial charge in [0.15, 0.2) is 5.69 Å². The Bertz CT molecular complexity index is 1310. The van der Waals surface area contributed by atoms with Crippen LogP contribution in [0.3, 0.4) is 0 Å². The van der Waals surface area contributed by atoms with Gasteiger partial charge in [-0.3, -0.25) is 20.2 Å². The lowest BCUT2D eigenvalue weighted by Gasteiger charge is -2.12. The van der Waals surface area contributed by atoms with Gasteiger partial charge in [0.1, 0.15) is 0 Å². The number of alkyl halides is 3. The average molecular weight is 482 g/mol. The first-order chi connectivity index (χ1) is 15.3. The van der Waals surface area contributed by atoms with Crippen LogP contribution in [-0.4, -0.2) is 18.3 Å². The molecule has 0 unspecified atom stereocenters. The maximum Gasteiger partial charge on any atom is 0.416 e. The lowest BCUT2D eigenvalue weighted by molar-refractivity contribution is -0.392. The summed E-state index contributed by atoms with van der Waals surface area (Å²) < 4.78 is 64.4. The molecular weight excluding hydrogens is 469 g/mol. The zero-order valence-corrected chi connectivity index (χ0v) is 17.1. The fourth-order valence-corrected chi connectivity index (χ4v) is 4.10. The second-order valence-electron chi connectivity index (χ2n) is 6.62. The van der Waals surface area contributed by atoms with Gasteiger partial charge in [0.2, 0.25) is 9.84 Å². The van der Waals surface area contributed by atoms with E-state index in [4.69, 9.17) is 5.73 Å². The van der Waals surface area contributed by atoms with Crippen molar-refractivity contribution >= 4 is 38.3 Å². The molecule has 0 atom stereocenters. The van der Waals surface area contributed by atoms with E-state index in [0.29, 0.717) is 5.69 Å². The van der Waals surface area contributed by atoms with E-state index < -0.39 is 48.5 Å². The van der Waals surface area contributed by atoms with Crippen LogP contribution in [0.5, 0.6) is 0 Å². The van der Waals surface area contributed by atoms with Crippen molar-refractivity contribution in [2.75, 3.05) is 11.1 Å². The molecular formula is C19H13F3N4O6S. The van der Waals surface area contributed by atoms with Crippen molar-refractivity contribution in [2.24, 2.45) is 0 Å². The first-order valence-electron chi connectivity index (χ1n) is 8.82. The number of anilines is 3. The molecule has 0 radical (unpaired) electrons. The van der Waals surface area contributed by atoms with E-state index in [2.05, 4.69) is 5.32 Å². The van der Waals surface area contributed by atoms with Crippen molar-refractivity contribution in [3.05, 3.63) is 86.5 Å². The standard InChI is InChI=1S/C19H13F3N4O6S/c20-19(21,22)11-9-16(25(27)28)18(17(10-11)26(29)30)24-13-3-7-15(8-4-13)33(31,32)14-5-1-12(23)2-6-14/h1-10,24H,23H2. The highest BCUT2D eigenvalue weighted by molar-refractivity contribution is 7.91. The van der Waals surface area contributed by atoms with E-state index in [1.54, 1.807) is 0 Å². The van der Waals surface area contributed by atoms with Gasteiger partial charge in [0, 0.05) is 23.5 Å². The van der Waals surface area contributed by atoms with Gasteiger partial charge in [-0.25, -0.2) is 8.42 Å². The summed E-state index contributed by atoms with van der Waals surface area (Å²) in [7, 11) is -3.94. The summed E-state index contributed by atoms with van der Waals surface area (Å²) in [6.45, 7) is 0. The summed E-state index contributed by atoms with van der Waals surface area (Å²) in [6, 6.07) is 10.3. The Morgan fingerprint density at radius 2 is 1.24 bits per heavy atom. The Morgan fingerprint density at radius 1 is 0.818 bits per heavy atom. The van der Waals surface area contributed by atoms with Gasteiger partial charge in [-0.15, -0.1) is 0 Å². The SMILES string of the molecule is Nc1ccc(S(=O)(=O)c2ccc(Nc3c([N+](=O)[O-])cc(C(F)(F)F)cc3[N+](=O)[O-])cc2)cc1. The van der Waals surface area contributed by atoms with Crippen molar-refractivity contribution in [3.8, 4) is 0 Å². The minimum Gasteiger partial charge on any atom is -0.399 e. The van der Waals surface area contributed by atoms with Crippen molar-refractivity contribution in [3.63, 3.8) is 0 Å². The molecule has 3 N–H and O–H groups in total. The second kappa shape index (κ2) is 8.38. The topological polar surface area (TPSA) is 158 Å². The number of sulfone groups is 1. The first-order valence-corrected chi connectivity index (χ1v) is 10.3. The molecule has 3 aromatic carbocycles. The molecule has 0 amide bonds. The molecule has 10 nitrogen and oxygen atoms in total. The van der Waals surface area contributed by atoms with Gasteiger partial charge >= 0.3 is 6.18 Å². The van der Waals surface area contributed by atoms with Crippen LogP contribution in [-0.2, 0) is 16.0 Å². The van der Waals surface area contributed by atoms with Crippen LogP contribution < -0.4 is 11.1 Å². The molecule has 0 spiro atoms. The van der Waals surface area contributed by atoms with E-state index in [0.717, 1.165) is 24.3 Å². The van der Waals surface area contributed by atoms with Gasteiger partial charge in [0.05, 0.1) is 25.2 Å². The molecule has 0 bridgehead atoms. The molecule has 0 aromatic heterocycles. The molecule has 0 aliphatic heterocycles. The zero-order chi connectivity index (χ0) is 24.6. The first kappa shape index (κ1) is 23.5. The molecule has 0 fully saturated rings. The van der Waals surface area contributed by atoms with Crippen LogP contribution in [0.1, 0.15) is 5.56 Å². The highest BCUT2D eigenvalue weighted by atomic mass is 32.2. The van der Waals surface area contributed by atoms with Gasteiger partial charge in [-0.2, -0.15) is 13.2 Å². The van der Waals surface area contributed by atoms with E-state index in [-0.39, 0.29) is 27.6 Å². The highest BCUT2D eigenvalue weighted by Gasteiger charge is 2.37. The lowest BCUT2D eigenvalue weighted by Crippen LogP contribution is -2.09. The average Bonchev–Trinajstić information content (AvgIpc) is 2.73. The van der Waals surface area contributed by atoms with E-state index in [1.807, 2.05) is 0 Å². The summed E-state index contributed by atoms with van der Waals surface area (Å²) in [5.41, 5.74) is 1.18. The van der Waals surface area contributed by atoms with Crippen LogP contribution in [0.15, 0.2) is 70.5 Å². The smallest absolute Gasteiger partial charge is 0.399 e. The Labute approximate surface area is 183 Å². The number of hydrogen-bond donors (Lipinski definition) is 2. The minimum absolute atomic E-state index is 0.0304. The molecule has 0 aliphatic rings. The fraction of sp³-hybridized carbons (Fsp3) is 0.0526. The van der Waals surface area contributed by atoms with Gasteiger partial charge in [-0.05, 0) is 48.5 Å². The zero-order valence-electron chi connectivity index (χ0n) is 16.2. The number of nitrogens with one attached hydrogen (secondary N) is 1. The molecule has 0 aliphatic carbocycles. The van der Waals surface area contributed by atoms with Crippen LogP contribution in [0.25, 0.3) is 0 Å². The largest absolute Gasteiger partial charge is 0.416 e. The monoisotopic (exact) mass is 482 g/mol. The summed E-state index contributed by atoms with van der Waals surface area (Å²) in [4.78, 5) is 20.1. The number of nitro groups is 2. The maximum atomic E-state index is 13.0. The van der Waals surface area contributed by atoms with Crippen LogP contribution in [0, 0.1) is 20.2 Å². The van der Waals surface area contributed by atoms with E-state index >= 15 is 0 Å². The van der Waals surface area contributed by atoms with Crippen molar-refractivity contribution in [1.82, 2.24) is 0 Å². The number of benzene rings is 3. The van der Waals surface area contributed by atoms with Crippen molar-refractivity contribution in [2.45, 2.75) is 16.0 Å². The predicted molar refractivity (Wildman–Crippen MR) is 111 cm³/mol. The highest BCUT2D eigenvalue weighted by Crippen LogP contribution is 2.42. The summed E-state index contributed by atoms with van der Waals surface area (Å²) in [5, 5.41) is 25.0. The number of nitrogens with zero attached hydrogens (tertiary/aromatic N) is 2. The number of halogens is 3. The Kier molecular flexibility index (Phi) is 5.96. The minimum atomic E-state index is -5.05. The molecule has 14 heteroatoms. The van der Waals surface area contributed by atoms with Gasteiger partial charge in [0.25, 0.3) is 11.4 Å². The Hall–Kier alpha value is -4.20. The van der Waals surface area contributed by atoms with Crippen LogP contribution in [0.2, 0.25) is 0 Å². The molecule has 33 heavy (non-hydrogen) atoms. The number of nitrogens with two attached hydrogens (primary N) is 1. The number of nitro benzene ring substituents is 2. The predicted octanol–water partition coefficient (Wildman–Crippen LogP) is 4.68. The third-order valence-corrected chi connectivity index (χ3v) is 6.23. The molecule has 3 aromatic rings. The number of nitrogen functional groups attached to an aromatic ring is 1. The Morgan fingerprint density at radius 3 is 1.64 bits per heavy atom. The van der Waals surface area contributed by atoms with Crippen molar-refractivity contribution < 1.29 is 31.4 Å². The summed E-state index contributed by atoms with van der Waals surface area (Å²) in [6.07, 6.45) is -5.05. The quantitative estimate of drug-likeness (QED) is 0.291. The third kappa shape index (κ3) is 4.85. The third-order valence-electron chi connectivity index (χ3n) is 4.44. The maximum absolute atomic E-state index is 13.0. The number of rotatable bonds is 6.